The van der Waals surface area contributed by atoms with Crippen LogP contribution in [0.4, 0.5) is 5.69 Å². The lowest BCUT2D eigenvalue weighted by Crippen LogP contribution is -1.93. The van der Waals surface area contributed by atoms with Gasteiger partial charge in [-0.15, -0.1) is 0 Å². The predicted octanol–water partition coefficient (Wildman–Crippen LogP) is 3.92. The van der Waals surface area contributed by atoms with Crippen LogP contribution in [-0.4, -0.2) is 12.0 Å². The summed E-state index contributed by atoms with van der Waals surface area (Å²) >= 11 is 5.80. The minimum Gasteiger partial charge on any atom is -0.497 e. The Morgan fingerprint density at radius 2 is 1.83 bits per heavy atom. The normalized spacial score (nSPS) is 10.1. The molecule has 0 heterocycles. The third-order valence-electron chi connectivity index (χ3n) is 2.56. The van der Waals surface area contributed by atoms with Gasteiger partial charge in [0.05, 0.1) is 23.7 Å². The number of nitrogens with zero attached hydrogens (tertiary/aromatic N) is 1. The molecule has 0 spiro atoms. The van der Waals surface area contributed by atoms with Crippen LogP contribution in [0.5, 0.6) is 5.75 Å². The van der Waals surface area contributed by atoms with Gasteiger partial charge in [-0.1, -0.05) is 23.7 Å². The molecule has 0 atom stereocenters. The van der Waals surface area contributed by atoms with Crippen LogP contribution in [0.15, 0.2) is 42.5 Å². The maximum atomic E-state index is 11.1. The molecule has 0 aliphatic carbocycles. The van der Waals surface area contributed by atoms with E-state index >= 15 is 0 Å². The second kappa shape index (κ2) is 5.06. The number of ether oxygens (including phenoxy) is 1. The maximum absolute atomic E-state index is 11.1. The van der Waals surface area contributed by atoms with Gasteiger partial charge in [0.2, 0.25) is 0 Å². The van der Waals surface area contributed by atoms with E-state index in [0.29, 0.717) is 16.3 Å². The van der Waals surface area contributed by atoms with E-state index in [1.165, 1.54) is 13.2 Å². The monoisotopic (exact) mass is 263 g/mol. The van der Waals surface area contributed by atoms with Gasteiger partial charge in [-0.2, -0.15) is 0 Å². The first kappa shape index (κ1) is 12.4. The second-order valence-electron chi connectivity index (χ2n) is 3.65. The SMILES string of the molecule is COc1ccc(-c2ccc(Cl)cc2)c([N+](=O)[O-])c1. The predicted molar refractivity (Wildman–Crippen MR) is 70.1 cm³/mol. The molecule has 2 aromatic carbocycles. The number of hydrogen-bond donors (Lipinski definition) is 0. The third kappa shape index (κ3) is 2.43. The minimum absolute atomic E-state index is 0.0108. The summed E-state index contributed by atoms with van der Waals surface area (Å²) in [5, 5.41) is 11.6. The Bertz CT molecular complexity index is 581. The molecule has 0 N–H and O–H groups in total. The Morgan fingerprint density at radius 3 is 2.39 bits per heavy atom. The zero-order valence-corrected chi connectivity index (χ0v) is 10.3. The molecule has 5 heteroatoms. The van der Waals surface area contributed by atoms with E-state index in [4.69, 9.17) is 16.3 Å². The lowest BCUT2D eigenvalue weighted by Gasteiger charge is -2.05. The van der Waals surface area contributed by atoms with E-state index in [1.807, 2.05) is 0 Å². The van der Waals surface area contributed by atoms with E-state index in [1.54, 1.807) is 36.4 Å². The van der Waals surface area contributed by atoms with Gasteiger partial charge < -0.3 is 4.74 Å². The maximum Gasteiger partial charge on any atom is 0.280 e. The van der Waals surface area contributed by atoms with Crippen molar-refractivity contribution >= 4 is 17.3 Å². The Kier molecular flexibility index (Phi) is 3.48. The average molecular weight is 264 g/mol. The van der Waals surface area contributed by atoms with E-state index in [2.05, 4.69) is 0 Å². The summed E-state index contributed by atoms with van der Waals surface area (Å²) in [7, 11) is 1.47. The Morgan fingerprint density at radius 1 is 1.17 bits per heavy atom. The standard InChI is InChI=1S/C13H10ClNO3/c1-18-11-6-7-12(13(8-11)15(16)17)9-2-4-10(14)5-3-9/h2-8H,1H3. The second-order valence-corrected chi connectivity index (χ2v) is 4.08. The van der Waals surface area contributed by atoms with Gasteiger partial charge in [0.15, 0.2) is 0 Å². The number of nitro benzene ring substituents is 1. The number of methoxy groups -OCH3 is 1. The van der Waals surface area contributed by atoms with Crippen LogP contribution in [0, 0.1) is 10.1 Å². The number of hydrogen-bond acceptors (Lipinski definition) is 3. The van der Waals surface area contributed by atoms with Crippen LogP contribution in [0.2, 0.25) is 5.02 Å². The van der Waals surface area contributed by atoms with E-state index in [9.17, 15) is 10.1 Å². The summed E-state index contributed by atoms with van der Waals surface area (Å²) in [6.45, 7) is 0. The van der Waals surface area contributed by atoms with Crippen molar-refractivity contribution < 1.29 is 9.66 Å². The molecule has 2 aromatic rings. The Hall–Kier alpha value is -2.07. The molecule has 0 saturated heterocycles. The first-order valence-corrected chi connectivity index (χ1v) is 5.58. The van der Waals surface area contributed by atoms with Gasteiger partial charge in [-0.25, -0.2) is 0 Å². The van der Waals surface area contributed by atoms with Crippen molar-refractivity contribution in [2.75, 3.05) is 7.11 Å². The highest BCUT2D eigenvalue weighted by molar-refractivity contribution is 6.30. The molecule has 2 rings (SSSR count). The zero-order valence-electron chi connectivity index (χ0n) is 9.59. The fourth-order valence-corrected chi connectivity index (χ4v) is 1.79. The van der Waals surface area contributed by atoms with Crippen LogP contribution >= 0.6 is 11.6 Å². The van der Waals surface area contributed by atoms with E-state index in [-0.39, 0.29) is 5.69 Å². The molecule has 0 aliphatic rings. The van der Waals surface area contributed by atoms with Gasteiger partial charge in [0, 0.05) is 5.02 Å². The van der Waals surface area contributed by atoms with Crippen molar-refractivity contribution in [3.8, 4) is 16.9 Å². The summed E-state index contributed by atoms with van der Waals surface area (Å²) in [5.74, 6) is 0.458. The highest BCUT2D eigenvalue weighted by Crippen LogP contribution is 2.33. The highest BCUT2D eigenvalue weighted by atomic mass is 35.5. The van der Waals surface area contributed by atoms with Crippen LogP contribution in [0.3, 0.4) is 0 Å². The fourth-order valence-electron chi connectivity index (χ4n) is 1.66. The molecule has 0 aromatic heterocycles. The van der Waals surface area contributed by atoms with Crippen molar-refractivity contribution in [3.63, 3.8) is 0 Å². The van der Waals surface area contributed by atoms with Gasteiger partial charge in [-0.3, -0.25) is 10.1 Å². The molecule has 92 valence electrons. The van der Waals surface area contributed by atoms with Gasteiger partial charge in [0.25, 0.3) is 5.69 Å². The molecule has 0 saturated carbocycles. The molecule has 0 unspecified atom stereocenters. The number of nitro groups is 1. The highest BCUT2D eigenvalue weighted by Gasteiger charge is 2.16. The smallest absolute Gasteiger partial charge is 0.280 e. The quantitative estimate of drug-likeness (QED) is 0.623. The molecule has 0 fully saturated rings. The van der Waals surface area contributed by atoms with Crippen molar-refractivity contribution in [1.29, 1.82) is 0 Å². The van der Waals surface area contributed by atoms with Gasteiger partial charge in [0.1, 0.15) is 5.75 Å². The number of benzene rings is 2. The van der Waals surface area contributed by atoms with Crippen molar-refractivity contribution in [1.82, 2.24) is 0 Å². The number of halogens is 1. The molecule has 0 amide bonds. The molecule has 18 heavy (non-hydrogen) atoms. The summed E-state index contributed by atoms with van der Waals surface area (Å²) in [4.78, 5) is 10.6. The average Bonchev–Trinajstić information content (AvgIpc) is 2.39. The Balaban J connectivity index is 2.56. The van der Waals surface area contributed by atoms with Crippen LogP contribution in [0.1, 0.15) is 0 Å². The van der Waals surface area contributed by atoms with Crippen molar-refractivity contribution in [3.05, 3.63) is 57.6 Å². The summed E-state index contributed by atoms with van der Waals surface area (Å²) in [6.07, 6.45) is 0. The van der Waals surface area contributed by atoms with Crippen LogP contribution < -0.4 is 4.74 Å². The number of rotatable bonds is 3. The first-order valence-electron chi connectivity index (χ1n) is 5.20. The largest absolute Gasteiger partial charge is 0.497 e. The zero-order chi connectivity index (χ0) is 13.1. The lowest BCUT2D eigenvalue weighted by atomic mass is 10.0. The minimum atomic E-state index is -0.424. The topological polar surface area (TPSA) is 52.4 Å². The molecule has 0 radical (unpaired) electrons. The summed E-state index contributed by atoms with van der Waals surface area (Å²) in [6, 6.07) is 11.7. The van der Waals surface area contributed by atoms with Crippen molar-refractivity contribution in [2.24, 2.45) is 0 Å². The van der Waals surface area contributed by atoms with Gasteiger partial charge >= 0.3 is 0 Å². The molecule has 0 aliphatic heterocycles. The van der Waals surface area contributed by atoms with Crippen LogP contribution in [-0.2, 0) is 0 Å². The van der Waals surface area contributed by atoms with E-state index < -0.39 is 4.92 Å². The molecular weight excluding hydrogens is 254 g/mol. The third-order valence-corrected chi connectivity index (χ3v) is 2.81. The van der Waals surface area contributed by atoms with Gasteiger partial charge in [-0.05, 0) is 29.8 Å². The van der Waals surface area contributed by atoms with Crippen LogP contribution in [0.25, 0.3) is 11.1 Å². The fraction of sp³-hybridized carbons (Fsp3) is 0.0769. The molecule has 0 bridgehead atoms. The summed E-state index contributed by atoms with van der Waals surface area (Å²) < 4.78 is 4.99. The molecule has 4 nitrogen and oxygen atoms in total. The first-order chi connectivity index (χ1) is 8.61. The Labute approximate surface area is 109 Å². The van der Waals surface area contributed by atoms with Crippen molar-refractivity contribution in [2.45, 2.75) is 0 Å². The lowest BCUT2D eigenvalue weighted by molar-refractivity contribution is -0.384. The molecular formula is C13H10ClNO3. The van der Waals surface area contributed by atoms with E-state index in [0.717, 1.165) is 5.56 Å². The summed E-state index contributed by atoms with van der Waals surface area (Å²) in [5.41, 5.74) is 1.29.